The molecule has 3 aromatic rings. The molecule has 0 N–H and O–H groups in total. The summed E-state index contributed by atoms with van der Waals surface area (Å²) in [6.07, 6.45) is 4.52. The van der Waals surface area contributed by atoms with E-state index in [4.69, 9.17) is 9.26 Å². The average molecular weight is 353 g/mol. The number of hydrogen-bond acceptors (Lipinski definition) is 3. The molecule has 2 aromatic carbocycles. The van der Waals surface area contributed by atoms with Gasteiger partial charge < -0.3 is 9.26 Å². The van der Waals surface area contributed by atoms with Crippen LogP contribution in [0.1, 0.15) is 37.5 Å². The standard InChI is InChI=1S/C22H24FNO2/c1-5-14-10-17(11-15(6-2)18(14)7-3)22-19(13-26-24-22)16-8-9-21(25-4)20(23)12-16/h8-13H,5-7H2,1-4H3. The summed E-state index contributed by atoms with van der Waals surface area (Å²) in [5.74, 6) is -0.178. The predicted molar refractivity (Wildman–Crippen MR) is 102 cm³/mol. The molecule has 0 aliphatic heterocycles. The van der Waals surface area contributed by atoms with Crippen LogP contribution >= 0.6 is 0 Å². The highest BCUT2D eigenvalue weighted by Gasteiger charge is 2.17. The molecule has 0 spiro atoms. The Morgan fingerprint density at radius 3 is 2.19 bits per heavy atom. The summed E-state index contributed by atoms with van der Waals surface area (Å²) in [5, 5.41) is 4.21. The molecule has 26 heavy (non-hydrogen) atoms. The van der Waals surface area contributed by atoms with E-state index >= 15 is 0 Å². The van der Waals surface area contributed by atoms with Gasteiger partial charge in [-0.2, -0.15) is 0 Å². The van der Waals surface area contributed by atoms with E-state index in [-0.39, 0.29) is 5.75 Å². The zero-order chi connectivity index (χ0) is 18.7. The summed E-state index contributed by atoms with van der Waals surface area (Å²) in [5.41, 5.74) is 7.32. The molecule has 0 amide bonds. The zero-order valence-electron chi connectivity index (χ0n) is 15.7. The van der Waals surface area contributed by atoms with Crippen molar-refractivity contribution in [3.8, 4) is 28.1 Å². The second kappa shape index (κ2) is 7.73. The normalized spacial score (nSPS) is 11.0. The number of rotatable bonds is 6. The maximum atomic E-state index is 14.1. The van der Waals surface area contributed by atoms with Gasteiger partial charge in [0.1, 0.15) is 12.0 Å². The summed E-state index contributed by atoms with van der Waals surface area (Å²) >= 11 is 0. The molecule has 1 aromatic heterocycles. The second-order valence-corrected chi connectivity index (χ2v) is 6.26. The lowest BCUT2D eigenvalue weighted by Gasteiger charge is -2.14. The molecule has 0 saturated carbocycles. The van der Waals surface area contributed by atoms with Crippen LogP contribution in [0.15, 0.2) is 41.1 Å². The number of nitrogens with zero attached hydrogens (tertiary/aromatic N) is 1. The Kier molecular flexibility index (Phi) is 5.40. The lowest BCUT2D eigenvalue weighted by Crippen LogP contribution is -1.99. The SMILES string of the molecule is CCc1cc(-c2nocc2-c2ccc(OC)c(F)c2)cc(CC)c1CC. The fraction of sp³-hybridized carbons (Fsp3) is 0.318. The lowest BCUT2D eigenvalue weighted by molar-refractivity contribution is 0.386. The van der Waals surface area contributed by atoms with E-state index < -0.39 is 5.82 Å². The molecular formula is C22H24FNO2. The third kappa shape index (κ3) is 3.24. The van der Waals surface area contributed by atoms with Crippen LogP contribution in [0, 0.1) is 5.82 Å². The van der Waals surface area contributed by atoms with Crippen LogP contribution in [0.2, 0.25) is 0 Å². The molecule has 0 saturated heterocycles. The smallest absolute Gasteiger partial charge is 0.165 e. The van der Waals surface area contributed by atoms with Crippen LogP contribution in [-0.4, -0.2) is 12.3 Å². The van der Waals surface area contributed by atoms with Gasteiger partial charge >= 0.3 is 0 Å². The van der Waals surface area contributed by atoms with Crippen molar-refractivity contribution in [1.29, 1.82) is 0 Å². The zero-order valence-corrected chi connectivity index (χ0v) is 15.7. The van der Waals surface area contributed by atoms with E-state index in [1.165, 1.54) is 29.9 Å². The number of ether oxygens (including phenoxy) is 1. The van der Waals surface area contributed by atoms with Gasteiger partial charge in [0, 0.05) is 11.1 Å². The molecule has 4 heteroatoms. The van der Waals surface area contributed by atoms with Crippen LogP contribution in [0.4, 0.5) is 4.39 Å². The molecule has 0 aliphatic carbocycles. The van der Waals surface area contributed by atoms with Crippen LogP contribution < -0.4 is 4.74 Å². The molecule has 0 unspecified atom stereocenters. The van der Waals surface area contributed by atoms with Crippen molar-refractivity contribution in [2.45, 2.75) is 40.0 Å². The van der Waals surface area contributed by atoms with Gasteiger partial charge in [-0.15, -0.1) is 0 Å². The number of aromatic nitrogens is 1. The molecule has 136 valence electrons. The van der Waals surface area contributed by atoms with Gasteiger partial charge in [0.25, 0.3) is 0 Å². The number of benzene rings is 2. The first-order valence-corrected chi connectivity index (χ1v) is 9.06. The van der Waals surface area contributed by atoms with Gasteiger partial charge in [-0.05, 0) is 65.8 Å². The van der Waals surface area contributed by atoms with Crippen molar-refractivity contribution in [3.05, 3.63) is 59.1 Å². The predicted octanol–water partition coefficient (Wildman–Crippen LogP) is 5.84. The van der Waals surface area contributed by atoms with Crippen molar-refractivity contribution in [3.63, 3.8) is 0 Å². The highest BCUT2D eigenvalue weighted by Crippen LogP contribution is 2.35. The summed E-state index contributed by atoms with van der Waals surface area (Å²) < 4.78 is 24.4. The Morgan fingerprint density at radius 2 is 1.65 bits per heavy atom. The van der Waals surface area contributed by atoms with Crippen LogP contribution in [0.3, 0.4) is 0 Å². The summed E-state index contributed by atoms with van der Waals surface area (Å²) in [6.45, 7) is 6.52. The van der Waals surface area contributed by atoms with E-state index in [0.717, 1.165) is 41.6 Å². The Bertz CT molecular complexity index is 889. The number of hydrogen-bond donors (Lipinski definition) is 0. The van der Waals surface area contributed by atoms with Crippen molar-refractivity contribution < 1.29 is 13.7 Å². The molecule has 0 radical (unpaired) electrons. The lowest BCUT2D eigenvalue weighted by atomic mass is 9.90. The van der Waals surface area contributed by atoms with Crippen molar-refractivity contribution >= 4 is 0 Å². The number of aryl methyl sites for hydroxylation is 2. The minimum atomic E-state index is -0.401. The first kappa shape index (κ1) is 18.2. The number of methoxy groups -OCH3 is 1. The molecule has 0 fully saturated rings. The molecular weight excluding hydrogens is 329 g/mol. The van der Waals surface area contributed by atoms with E-state index in [1.54, 1.807) is 12.3 Å². The van der Waals surface area contributed by atoms with E-state index in [9.17, 15) is 4.39 Å². The monoisotopic (exact) mass is 353 g/mol. The highest BCUT2D eigenvalue weighted by molar-refractivity contribution is 5.81. The largest absolute Gasteiger partial charge is 0.494 e. The topological polar surface area (TPSA) is 35.3 Å². The Morgan fingerprint density at radius 1 is 0.962 bits per heavy atom. The van der Waals surface area contributed by atoms with Gasteiger partial charge in [0.15, 0.2) is 11.6 Å². The average Bonchev–Trinajstić information content (AvgIpc) is 3.16. The van der Waals surface area contributed by atoms with Gasteiger partial charge in [-0.25, -0.2) is 4.39 Å². The maximum Gasteiger partial charge on any atom is 0.165 e. The summed E-state index contributed by atoms with van der Waals surface area (Å²) in [4.78, 5) is 0. The van der Waals surface area contributed by atoms with Gasteiger partial charge in [-0.1, -0.05) is 32.0 Å². The third-order valence-corrected chi connectivity index (χ3v) is 4.86. The minimum Gasteiger partial charge on any atom is -0.494 e. The Hall–Kier alpha value is -2.62. The second-order valence-electron chi connectivity index (χ2n) is 6.26. The van der Waals surface area contributed by atoms with Crippen LogP contribution in [-0.2, 0) is 19.3 Å². The first-order valence-electron chi connectivity index (χ1n) is 9.06. The third-order valence-electron chi connectivity index (χ3n) is 4.86. The van der Waals surface area contributed by atoms with Crippen LogP contribution in [0.5, 0.6) is 5.75 Å². The Labute approximate surface area is 153 Å². The van der Waals surface area contributed by atoms with Gasteiger partial charge in [0.05, 0.1) is 7.11 Å². The van der Waals surface area contributed by atoms with E-state index in [0.29, 0.717) is 0 Å². The van der Waals surface area contributed by atoms with Gasteiger partial charge in [-0.3, -0.25) is 0 Å². The molecule has 0 bridgehead atoms. The highest BCUT2D eigenvalue weighted by atomic mass is 19.1. The summed E-state index contributed by atoms with van der Waals surface area (Å²) in [6, 6.07) is 9.26. The number of halogens is 1. The van der Waals surface area contributed by atoms with Crippen molar-refractivity contribution in [2.75, 3.05) is 7.11 Å². The fourth-order valence-corrected chi connectivity index (χ4v) is 3.50. The molecule has 0 atom stereocenters. The van der Waals surface area contributed by atoms with Crippen LogP contribution in [0.25, 0.3) is 22.4 Å². The first-order chi connectivity index (χ1) is 12.6. The minimum absolute atomic E-state index is 0.223. The maximum absolute atomic E-state index is 14.1. The Balaban J connectivity index is 2.13. The summed E-state index contributed by atoms with van der Waals surface area (Å²) in [7, 11) is 1.46. The van der Waals surface area contributed by atoms with Gasteiger partial charge in [0.2, 0.25) is 0 Å². The quantitative estimate of drug-likeness (QED) is 0.558. The van der Waals surface area contributed by atoms with E-state index in [2.05, 4.69) is 38.1 Å². The molecule has 3 rings (SSSR count). The molecule has 0 aliphatic rings. The molecule has 1 heterocycles. The molecule has 3 nitrogen and oxygen atoms in total. The van der Waals surface area contributed by atoms with Crippen molar-refractivity contribution in [1.82, 2.24) is 5.16 Å². The van der Waals surface area contributed by atoms with Crippen molar-refractivity contribution in [2.24, 2.45) is 0 Å². The van der Waals surface area contributed by atoms with E-state index in [1.807, 2.05) is 6.07 Å². The fourth-order valence-electron chi connectivity index (χ4n) is 3.50.